The van der Waals surface area contributed by atoms with Crippen molar-refractivity contribution in [3.05, 3.63) is 58.1 Å². The summed E-state index contributed by atoms with van der Waals surface area (Å²) in [4.78, 5) is 23.8. The van der Waals surface area contributed by atoms with Gasteiger partial charge >= 0.3 is 6.61 Å². The molecule has 0 bridgehead atoms. The van der Waals surface area contributed by atoms with E-state index in [0.717, 1.165) is 10.0 Å². The van der Waals surface area contributed by atoms with Crippen molar-refractivity contribution >= 4 is 33.4 Å². The van der Waals surface area contributed by atoms with Crippen LogP contribution in [0.3, 0.4) is 0 Å². The smallest absolute Gasteiger partial charge is 0.387 e. The van der Waals surface area contributed by atoms with E-state index in [9.17, 15) is 18.4 Å². The maximum atomic E-state index is 12.1. The summed E-state index contributed by atoms with van der Waals surface area (Å²) in [6, 6.07) is 11.2. The van der Waals surface area contributed by atoms with Gasteiger partial charge in [0.2, 0.25) is 11.8 Å². The molecule has 2 amide bonds. The van der Waals surface area contributed by atoms with Crippen molar-refractivity contribution in [1.82, 2.24) is 5.32 Å². The number of hydrogen-bond acceptors (Lipinski definition) is 3. The summed E-state index contributed by atoms with van der Waals surface area (Å²) >= 11 is 3.35. The van der Waals surface area contributed by atoms with E-state index in [1.807, 2.05) is 19.1 Å². The van der Waals surface area contributed by atoms with E-state index in [-0.39, 0.29) is 30.5 Å². The van der Waals surface area contributed by atoms with Crippen molar-refractivity contribution in [2.75, 3.05) is 11.9 Å². The van der Waals surface area contributed by atoms with E-state index in [0.29, 0.717) is 11.3 Å². The van der Waals surface area contributed by atoms with Gasteiger partial charge in [0.1, 0.15) is 5.75 Å². The van der Waals surface area contributed by atoms with Crippen LogP contribution in [0, 0.1) is 6.92 Å². The topological polar surface area (TPSA) is 67.4 Å². The lowest BCUT2D eigenvalue weighted by Gasteiger charge is -2.10. The van der Waals surface area contributed by atoms with Crippen LogP contribution >= 0.6 is 15.9 Å². The van der Waals surface area contributed by atoms with Crippen molar-refractivity contribution in [2.24, 2.45) is 0 Å². The standard InChI is InChI=1S/C18H17BrF2N2O3/c1-11-8-13(19)4-7-15(11)23-17(25)10-22-16(24)9-12-2-5-14(6-3-12)26-18(20)21/h2-8,18H,9-10H2,1H3,(H,22,24)(H,23,25). The lowest BCUT2D eigenvalue weighted by molar-refractivity contribution is -0.123. The Bertz CT molecular complexity index is 783. The second-order valence-electron chi connectivity index (χ2n) is 5.48. The highest BCUT2D eigenvalue weighted by Crippen LogP contribution is 2.19. The number of alkyl halides is 2. The van der Waals surface area contributed by atoms with Crippen molar-refractivity contribution in [1.29, 1.82) is 0 Å². The molecule has 0 radical (unpaired) electrons. The molecule has 0 aromatic heterocycles. The van der Waals surface area contributed by atoms with Crippen LogP contribution < -0.4 is 15.4 Å². The molecule has 26 heavy (non-hydrogen) atoms. The average molecular weight is 427 g/mol. The second kappa shape index (κ2) is 9.28. The average Bonchev–Trinajstić information content (AvgIpc) is 2.57. The first-order valence-corrected chi connectivity index (χ1v) is 8.49. The first kappa shape index (κ1) is 19.8. The maximum Gasteiger partial charge on any atom is 0.387 e. The highest BCUT2D eigenvalue weighted by molar-refractivity contribution is 9.10. The zero-order chi connectivity index (χ0) is 19.1. The molecule has 0 aliphatic rings. The number of nitrogens with one attached hydrogen (secondary N) is 2. The van der Waals surface area contributed by atoms with Crippen LogP contribution in [0.1, 0.15) is 11.1 Å². The van der Waals surface area contributed by atoms with Crippen molar-refractivity contribution < 1.29 is 23.1 Å². The molecule has 5 nitrogen and oxygen atoms in total. The monoisotopic (exact) mass is 426 g/mol. The lowest BCUT2D eigenvalue weighted by Crippen LogP contribution is -2.33. The number of anilines is 1. The molecule has 0 atom stereocenters. The molecular weight excluding hydrogens is 410 g/mol. The molecule has 138 valence electrons. The summed E-state index contributed by atoms with van der Waals surface area (Å²) in [6.07, 6.45) is 0.0273. The van der Waals surface area contributed by atoms with Crippen LogP contribution in [-0.2, 0) is 16.0 Å². The van der Waals surface area contributed by atoms with E-state index < -0.39 is 6.61 Å². The van der Waals surface area contributed by atoms with E-state index in [1.54, 1.807) is 6.07 Å². The molecule has 0 saturated carbocycles. The second-order valence-corrected chi connectivity index (χ2v) is 6.40. The predicted molar refractivity (Wildman–Crippen MR) is 97.3 cm³/mol. The van der Waals surface area contributed by atoms with Gasteiger partial charge in [0.05, 0.1) is 13.0 Å². The summed E-state index contributed by atoms with van der Waals surface area (Å²) < 4.78 is 29.3. The number of hydrogen-bond donors (Lipinski definition) is 2. The van der Waals surface area contributed by atoms with Gasteiger partial charge < -0.3 is 15.4 Å². The number of carbonyl (C=O) groups excluding carboxylic acids is 2. The Balaban J connectivity index is 1.79. The number of halogens is 3. The van der Waals surface area contributed by atoms with Crippen LogP contribution in [0.5, 0.6) is 5.75 Å². The summed E-state index contributed by atoms with van der Waals surface area (Å²) in [5.41, 5.74) is 2.18. The Morgan fingerprint density at radius 2 is 1.81 bits per heavy atom. The normalized spacial score (nSPS) is 10.5. The summed E-state index contributed by atoms with van der Waals surface area (Å²) in [5, 5.41) is 5.24. The van der Waals surface area contributed by atoms with Crippen LogP contribution in [0.2, 0.25) is 0 Å². The van der Waals surface area contributed by atoms with Gasteiger partial charge in [-0.3, -0.25) is 9.59 Å². The first-order valence-electron chi connectivity index (χ1n) is 7.70. The lowest BCUT2D eigenvalue weighted by atomic mass is 10.1. The van der Waals surface area contributed by atoms with Gasteiger partial charge in [0.15, 0.2) is 0 Å². The number of carbonyl (C=O) groups is 2. The van der Waals surface area contributed by atoms with Gasteiger partial charge in [-0.2, -0.15) is 8.78 Å². The Morgan fingerprint density at radius 3 is 2.42 bits per heavy atom. The summed E-state index contributed by atoms with van der Waals surface area (Å²) in [5.74, 6) is -0.673. The van der Waals surface area contributed by atoms with Crippen LogP contribution in [0.25, 0.3) is 0 Å². The molecule has 0 saturated heterocycles. The van der Waals surface area contributed by atoms with Gasteiger partial charge in [-0.25, -0.2) is 0 Å². The zero-order valence-corrected chi connectivity index (χ0v) is 15.5. The Labute approximate surface area is 157 Å². The number of aryl methyl sites for hydroxylation is 1. The fourth-order valence-electron chi connectivity index (χ4n) is 2.18. The molecule has 2 aromatic carbocycles. The highest BCUT2D eigenvalue weighted by Gasteiger charge is 2.09. The molecule has 0 unspecified atom stereocenters. The molecule has 2 N–H and O–H groups in total. The number of amides is 2. The van der Waals surface area contributed by atoms with E-state index in [1.165, 1.54) is 24.3 Å². The van der Waals surface area contributed by atoms with Gasteiger partial charge in [-0.05, 0) is 48.4 Å². The third-order valence-corrected chi connectivity index (χ3v) is 3.92. The molecule has 0 aliphatic heterocycles. The van der Waals surface area contributed by atoms with E-state index >= 15 is 0 Å². The van der Waals surface area contributed by atoms with Gasteiger partial charge in [-0.15, -0.1) is 0 Å². The quantitative estimate of drug-likeness (QED) is 0.709. The maximum absolute atomic E-state index is 12.1. The van der Waals surface area contributed by atoms with E-state index in [4.69, 9.17) is 0 Å². The number of ether oxygens (including phenoxy) is 1. The molecule has 0 heterocycles. The Morgan fingerprint density at radius 1 is 1.12 bits per heavy atom. The SMILES string of the molecule is Cc1cc(Br)ccc1NC(=O)CNC(=O)Cc1ccc(OC(F)F)cc1. The first-order chi connectivity index (χ1) is 12.3. The molecule has 2 rings (SSSR count). The van der Waals surface area contributed by atoms with Crippen molar-refractivity contribution in [3.8, 4) is 5.75 Å². The largest absolute Gasteiger partial charge is 0.435 e. The van der Waals surface area contributed by atoms with Crippen molar-refractivity contribution in [3.63, 3.8) is 0 Å². The van der Waals surface area contributed by atoms with Crippen LogP contribution in [-0.4, -0.2) is 25.0 Å². The summed E-state index contributed by atoms with van der Waals surface area (Å²) in [7, 11) is 0. The minimum absolute atomic E-state index is 0.0217. The molecule has 0 fully saturated rings. The fraction of sp³-hybridized carbons (Fsp3) is 0.222. The number of benzene rings is 2. The number of rotatable bonds is 7. The van der Waals surface area contributed by atoms with Crippen LogP contribution in [0.15, 0.2) is 46.9 Å². The Hall–Kier alpha value is -2.48. The minimum Gasteiger partial charge on any atom is -0.435 e. The summed E-state index contributed by atoms with van der Waals surface area (Å²) in [6.45, 7) is -1.20. The van der Waals surface area contributed by atoms with Gasteiger partial charge in [-0.1, -0.05) is 28.1 Å². The van der Waals surface area contributed by atoms with Gasteiger partial charge in [0.25, 0.3) is 0 Å². The van der Waals surface area contributed by atoms with Gasteiger partial charge in [0, 0.05) is 10.2 Å². The molecule has 0 spiro atoms. The molecule has 8 heteroatoms. The third kappa shape index (κ3) is 6.44. The van der Waals surface area contributed by atoms with E-state index in [2.05, 4.69) is 31.3 Å². The third-order valence-electron chi connectivity index (χ3n) is 3.42. The van der Waals surface area contributed by atoms with Crippen LogP contribution in [0.4, 0.5) is 14.5 Å². The minimum atomic E-state index is -2.89. The Kier molecular flexibility index (Phi) is 7.08. The van der Waals surface area contributed by atoms with Crippen molar-refractivity contribution in [2.45, 2.75) is 20.0 Å². The predicted octanol–water partition coefficient (Wildman–Crippen LogP) is 3.66. The molecule has 0 aliphatic carbocycles. The zero-order valence-electron chi connectivity index (χ0n) is 13.9. The molecular formula is C18H17BrF2N2O3. The molecule has 2 aromatic rings. The fourth-order valence-corrected chi connectivity index (χ4v) is 2.65. The highest BCUT2D eigenvalue weighted by atomic mass is 79.9.